The number of amides is 2. The number of aliphatic hydroxyl groups excluding tert-OH is 2. The number of rotatable bonds is 5. The Labute approximate surface area is 251 Å². The molecule has 44 heavy (non-hydrogen) atoms. The maximum atomic E-state index is 13.7. The number of Topliss-reactive ketones (excluding diaryl/α,β-unsaturated/α-hetero) is 2. The average molecular weight is 599 g/mol. The van der Waals surface area contributed by atoms with E-state index in [0.717, 1.165) is 0 Å². The van der Waals surface area contributed by atoms with Crippen molar-refractivity contribution in [2.24, 2.45) is 23.5 Å². The van der Waals surface area contributed by atoms with Gasteiger partial charge in [-0.15, -0.1) is 0 Å². The van der Waals surface area contributed by atoms with Gasteiger partial charge in [-0.1, -0.05) is 18.2 Å². The number of carbonyl (C=O) groups excluding carboxylic acids is 4. The lowest BCUT2D eigenvalue weighted by Gasteiger charge is -2.48. The van der Waals surface area contributed by atoms with Crippen LogP contribution in [0.4, 0.5) is 5.69 Å². The van der Waals surface area contributed by atoms with Gasteiger partial charge < -0.3 is 36.2 Å². The fourth-order valence-electron chi connectivity index (χ4n) is 6.87. The van der Waals surface area contributed by atoms with Gasteiger partial charge in [-0.3, -0.25) is 19.2 Å². The number of ketones is 2. The van der Waals surface area contributed by atoms with Gasteiger partial charge in [0, 0.05) is 22.7 Å². The second-order valence-electron chi connectivity index (χ2n) is 11.5. The second-order valence-corrected chi connectivity index (χ2v) is 11.5. The van der Waals surface area contributed by atoms with E-state index in [-0.39, 0.29) is 42.1 Å². The largest absolute Gasteiger partial charge is 0.507 e. The van der Waals surface area contributed by atoms with Crippen LogP contribution < -0.4 is 15.8 Å². The van der Waals surface area contributed by atoms with Gasteiger partial charge in [0.05, 0.1) is 18.8 Å². The summed E-state index contributed by atoms with van der Waals surface area (Å²) in [6.07, 6.45) is -1.39. The number of nitrogens with one attached hydrogen (secondary N) is 1. The van der Waals surface area contributed by atoms with Crippen molar-refractivity contribution in [2.45, 2.75) is 31.0 Å². The van der Waals surface area contributed by atoms with Crippen molar-refractivity contribution in [2.75, 3.05) is 12.4 Å². The number of methoxy groups -OCH3 is 1. The number of carbonyl (C=O) groups is 4. The van der Waals surface area contributed by atoms with Gasteiger partial charge in [0.25, 0.3) is 5.91 Å². The molecule has 2 fully saturated rings. The van der Waals surface area contributed by atoms with E-state index >= 15 is 0 Å². The zero-order valence-electron chi connectivity index (χ0n) is 23.6. The molecule has 0 aliphatic heterocycles. The molecule has 0 aromatic heterocycles. The first-order chi connectivity index (χ1) is 20.9. The Bertz CT molecular complexity index is 1750. The van der Waals surface area contributed by atoms with E-state index in [1.807, 2.05) is 0 Å². The molecule has 3 aliphatic rings. The second kappa shape index (κ2) is 10.6. The third kappa shape index (κ3) is 4.43. The molecule has 3 aliphatic carbocycles. The molecule has 0 spiro atoms. The fraction of sp³-hybridized carbons (Fsp3) is 0.273. The molecule has 0 bridgehead atoms. The monoisotopic (exact) mass is 598 g/mol. The summed E-state index contributed by atoms with van der Waals surface area (Å²) in [6, 6.07) is 16.7. The quantitative estimate of drug-likeness (QED) is 0.239. The first kappa shape index (κ1) is 29.1. The van der Waals surface area contributed by atoms with Gasteiger partial charge in [0.2, 0.25) is 11.7 Å². The molecule has 6 rings (SSSR count). The van der Waals surface area contributed by atoms with Gasteiger partial charge in [0.1, 0.15) is 23.2 Å². The third-order valence-corrected chi connectivity index (χ3v) is 9.07. The predicted octanol–water partition coefficient (Wildman–Crippen LogP) is 2.52. The van der Waals surface area contributed by atoms with Crippen molar-refractivity contribution >= 4 is 34.8 Å². The number of aliphatic hydroxyl groups is 3. The van der Waals surface area contributed by atoms with Gasteiger partial charge in [-0.25, -0.2) is 0 Å². The maximum Gasteiger partial charge on any atom is 0.255 e. The highest BCUT2D eigenvalue weighted by Gasteiger charge is 2.64. The smallest absolute Gasteiger partial charge is 0.255 e. The van der Waals surface area contributed by atoms with Crippen LogP contribution in [0.5, 0.6) is 11.5 Å². The molecular formula is C33H30N2O9. The van der Waals surface area contributed by atoms with Gasteiger partial charge in [0.15, 0.2) is 11.4 Å². The minimum atomic E-state index is -2.63. The Morgan fingerprint density at radius 2 is 1.66 bits per heavy atom. The number of primary amides is 1. The summed E-state index contributed by atoms with van der Waals surface area (Å²) in [6.45, 7) is 0. The van der Waals surface area contributed by atoms with Crippen molar-refractivity contribution in [3.05, 3.63) is 82.9 Å². The predicted molar refractivity (Wildman–Crippen MR) is 158 cm³/mol. The summed E-state index contributed by atoms with van der Waals surface area (Å²) >= 11 is 0. The lowest BCUT2D eigenvalue weighted by atomic mass is 9.56. The van der Waals surface area contributed by atoms with Crippen LogP contribution >= 0.6 is 0 Å². The summed E-state index contributed by atoms with van der Waals surface area (Å²) in [4.78, 5) is 51.4. The van der Waals surface area contributed by atoms with E-state index in [0.29, 0.717) is 33.7 Å². The number of ether oxygens (including phenoxy) is 1. The van der Waals surface area contributed by atoms with Crippen LogP contribution in [0.3, 0.4) is 0 Å². The Balaban J connectivity index is 1.33. The molecule has 2 amide bonds. The average Bonchev–Trinajstić information content (AvgIpc) is 2.99. The number of anilines is 1. The van der Waals surface area contributed by atoms with E-state index in [9.17, 15) is 39.6 Å². The minimum Gasteiger partial charge on any atom is -0.507 e. The minimum absolute atomic E-state index is 0.00998. The molecule has 3 aromatic rings. The molecule has 5 atom stereocenters. The van der Waals surface area contributed by atoms with Gasteiger partial charge in [-0.05, 0) is 84.3 Å². The normalized spacial score (nSPS) is 25.9. The molecule has 3 aromatic carbocycles. The Hall–Kier alpha value is -5.00. The summed E-state index contributed by atoms with van der Waals surface area (Å²) in [7, 11) is 1.54. The number of hydrogen-bond acceptors (Lipinski definition) is 9. The molecule has 2 saturated carbocycles. The van der Waals surface area contributed by atoms with E-state index in [1.165, 1.54) is 6.07 Å². The topological polar surface area (TPSA) is 196 Å². The van der Waals surface area contributed by atoms with Gasteiger partial charge in [-0.2, -0.15) is 0 Å². The van der Waals surface area contributed by atoms with Crippen LogP contribution in [-0.2, 0) is 20.8 Å². The Kier molecular flexibility index (Phi) is 7.02. The van der Waals surface area contributed by atoms with Crippen LogP contribution in [-0.4, -0.2) is 62.6 Å². The van der Waals surface area contributed by atoms with Crippen LogP contribution in [0.1, 0.15) is 34.3 Å². The zero-order chi connectivity index (χ0) is 31.5. The standard InChI is InChI=1S/C33H30N2O9/c1-44-20-8-4-16(5-9-20)32(42)35-19-6-2-15(3-7-19)21-10-11-23(36)26-22(21)13-17-12-18-14-24(37)27(31(34)41)30(40)33(18,43)29(39)25(17)28(26)38/h2-11,17-18,24,27,36-38,43H,12-14H2,1H3,(H2,34,41)(H,35,42)/t17-,18+,24?,27?,33+/m1/s1. The molecule has 11 heteroatoms. The number of benzene rings is 3. The van der Waals surface area contributed by atoms with Crippen molar-refractivity contribution in [1.82, 2.24) is 0 Å². The molecule has 226 valence electrons. The molecule has 11 nitrogen and oxygen atoms in total. The molecule has 0 radical (unpaired) electrons. The van der Waals surface area contributed by atoms with Gasteiger partial charge >= 0.3 is 0 Å². The zero-order valence-corrected chi connectivity index (χ0v) is 23.6. The van der Waals surface area contributed by atoms with Crippen LogP contribution in [0.2, 0.25) is 0 Å². The molecule has 7 N–H and O–H groups in total. The van der Waals surface area contributed by atoms with E-state index in [4.69, 9.17) is 10.5 Å². The maximum absolute atomic E-state index is 13.7. The summed E-state index contributed by atoms with van der Waals surface area (Å²) < 4.78 is 5.13. The van der Waals surface area contributed by atoms with Crippen molar-refractivity contribution in [3.8, 4) is 22.6 Å². The lowest BCUT2D eigenvalue weighted by molar-refractivity contribution is -0.174. The highest BCUT2D eigenvalue weighted by molar-refractivity contribution is 6.24. The van der Waals surface area contributed by atoms with Crippen molar-refractivity contribution in [1.29, 1.82) is 0 Å². The number of nitrogens with two attached hydrogens (primary N) is 1. The number of aromatic hydroxyl groups is 1. The van der Waals surface area contributed by atoms with E-state index in [2.05, 4.69) is 5.32 Å². The van der Waals surface area contributed by atoms with Crippen molar-refractivity contribution in [3.63, 3.8) is 0 Å². The Morgan fingerprint density at radius 1 is 0.977 bits per heavy atom. The molecule has 0 heterocycles. The van der Waals surface area contributed by atoms with Crippen LogP contribution in [0.25, 0.3) is 16.9 Å². The molecule has 2 unspecified atom stereocenters. The Morgan fingerprint density at radius 3 is 2.30 bits per heavy atom. The van der Waals surface area contributed by atoms with E-state index < -0.39 is 52.7 Å². The first-order valence-corrected chi connectivity index (χ1v) is 14.1. The molecular weight excluding hydrogens is 568 g/mol. The highest BCUT2D eigenvalue weighted by Crippen LogP contribution is 2.52. The highest BCUT2D eigenvalue weighted by atomic mass is 16.5. The van der Waals surface area contributed by atoms with Crippen molar-refractivity contribution < 1.29 is 44.3 Å². The number of fused-ring (bicyclic) bond motifs is 3. The SMILES string of the molecule is COc1ccc(C(=O)Nc2ccc(-c3ccc(O)c4c3C[C@H]3C[C@H]5CC(O)C(C(N)=O)C(=O)[C@@]5(O)C(=O)C3=C4O)cc2)cc1. The fourth-order valence-corrected chi connectivity index (χ4v) is 6.87. The van der Waals surface area contributed by atoms with Crippen LogP contribution in [0, 0.1) is 17.8 Å². The number of phenols is 1. The number of hydrogen-bond donors (Lipinski definition) is 6. The molecule has 0 saturated heterocycles. The van der Waals surface area contributed by atoms with E-state index in [1.54, 1.807) is 61.7 Å². The summed E-state index contributed by atoms with van der Waals surface area (Å²) in [5, 5.41) is 46.8. The summed E-state index contributed by atoms with van der Waals surface area (Å²) in [5.41, 5.74) is 5.40. The summed E-state index contributed by atoms with van der Waals surface area (Å²) in [5.74, 6) is -7.27. The lowest BCUT2D eigenvalue weighted by Crippen LogP contribution is -2.66. The first-order valence-electron chi connectivity index (χ1n) is 14.1. The van der Waals surface area contributed by atoms with Crippen LogP contribution in [0.15, 0.2) is 66.2 Å². The third-order valence-electron chi connectivity index (χ3n) is 9.07. The number of phenolic OH excluding ortho intramolecular Hbond substituents is 1.